The van der Waals surface area contributed by atoms with Crippen molar-refractivity contribution in [3.63, 3.8) is 0 Å². The summed E-state index contributed by atoms with van der Waals surface area (Å²) in [6, 6.07) is 0. The number of methoxy groups -OCH3 is 1. The summed E-state index contributed by atoms with van der Waals surface area (Å²) in [7, 11) is 1.33. The lowest BCUT2D eigenvalue weighted by molar-refractivity contribution is 0.0519. The van der Waals surface area contributed by atoms with Gasteiger partial charge in [-0.15, -0.1) is 0 Å². The molecule has 1 saturated carbocycles. The van der Waals surface area contributed by atoms with E-state index in [1.807, 2.05) is 0 Å². The first kappa shape index (κ1) is 11.7. The fourth-order valence-electron chi connectivity index (χ4n) is 1.88. The van der Waals surface area contributed by atoms with E-state index in [2.05, 4.69) is 4.98 Å². The highest BCUT2D eigenvalue weighted by atomic mass is 16.5. The molecule has 0 saturated heterocycles. The lowest BCUT2D eigenvalue weighted by atomic mass is 10.1. The zero-order valence-electron chi connectivity index (χ0n) is 9.91. The zero-order valence-corrected chi connectivity index (χ0v) is 9.91. The van der Waals surface area contributed by atoms with Crippen molar-refractivity contribution in [2.45, 2.75) is 25.7 Å². The summed E-state index contributed by atoms with van der Waals surface area (Å²) in [6.07, 6.45) is 3.51. The lowest BCUT2D eigenvalue weighted by Crippen LogP contribution is -2.09. The maximum absolute atomic E-state index is 11.7. The number of nitrogens with one attached hydrogen (secondary N) is 1. The van der Waals surface area contributed by atoms with E-state index in [0.717, 1.165) is 18.4 Å². The molecule has 1 fully saturated rings. The van der Waals surface area contributed by atoms with Crippen LogP contribution in [0.25, 0.3) is 0 Å². The van der Waals surface area contributed by atoms with Crippen molar-refractivity contribution < 1.29 is 19.1 Å². The SMILES string of the molecule is CCOC(=O)c1[nH]cc(C(=O)OC)c1C1CC1. The second-order valence-corrected chi connectivity index (χ2v) is 3.98. The summed E-state index contributed by atoms with van der Waals surface area (Å²) in [6.45, 7) is 2.06. The van der Waals surface area contributed by atoms with Gasteiger partial charge in [0.25, 0.3) is 0 Å². The van der Waals surface area contributed by atoms with Crippen LogP contribution < -0.4 is 0 Å². The van der Waals surface area contributed by atoms with Gasteiger partial charge in [0.2, 0.25) is 0 Å². The summed E-state index contributed by atoms with van der Waals surface area (Å²) in [5, 5.41) is 0. The molecule has 0 unspecified atom stereocenters. The van der Waals surface area contributed by atoms with Crippen LogP contribution in [0, 0.1) is 0 Å². The molecule has 92 valence electrons. The third-order valence-corrected chi connectivity index (χ3v) is 2.79. The van der Waals surface area contributed by atoms with Gasteiger partial charge in [-0.25, -0.2) is 9.59 Å². The van der Waals surface area contributed by atoms with E-state index in [1.54, 1.807) is 6.92 Å². The van der Waals surface area contributed by atoms with E-state index in [1.165, 1.54) is 13.3 Å². The minimum atomic E-state index is -0.418. The molecule has 5 heteroatoms. The quantitative estimate of drug-likeness (QED) is 0.811. The molecule has 0 bridgehead atoms. The molecule has 1 heterocycles. The number of H-pyrrole nitrogens is 1. The number of ether oxygens (including phenoxy) is 2. The molecular weight excluding hydrogens is 222 g/mol. The summed E-state index contributed by atoms with van der Waals surface area (Å²) in [5.74, 6) is -0.557. The molecular formula is C12H15NO4. The highest BCUT2D eigenvalue weighted by molar-refractivity contribution is 5.98. The highest BCUT2D eigenvalue weighted by Crippen LogP contribution is 2.43. The number of esters is 2. The van der Waals surface area contributed by atoms with Gasteiger partial charge >= 0.3 is 11.9 Å². The van der Waals surface area contributed by atoms with Gasteiger partial charge in [-0.05, 0) is 25.7 Å². The fraction of sp³-hybridized carbons (Fsp3) is 0.500. The second kappa shape index (κ2) is 4.61. The third kappa shape index (κ3) is 2.18. The molecule has 0 aliphatic heterocycles. The molecule has 2 rings (SSSR count). The van der Waals surface area contributed by atoms with Gasteiger partial charge in [-0.3, -0.25) is 0 Å². The number of aromatic amines is 1. The Kier molecular flexibility index (Phi) is 3.17. The normalized spacial score (nSPS) is 14.5. The molecule has 1 N–H and O–H groups in total. The van der Waals surface area contributed by atoms with Gasteiger partial charge in [0, 0.05) is 11.8 Å². The van der Waals surface area contributed by atoms with E-state index in [9.17, 15) is 9.59 Å². The maximum Gasteiger partial charge on any atom is 0.355 e. The van der Waals surface area contributed by atoms with Crippen LogP contribution in [0.15, 0.2) is 6.20 Å². The summed E-state index contributed by atoms with van der Waals surface area (Å²) >= 11 is 0. The van der Waals surface area contributed by atoms with Gasteiger partial charge in [-0.2, -0.15) is 0 Å². The molecule has 5 nitrogen and oxygen atoms in total. The molecule has 0 amide bonds. The molecule has 0 atom stereocenters. The van der Waals surface area contributed by atoms with E-state index in [0.29, 0.717) is 17.9 Å². The van der Waals surface area contributed by atoms with Crippen molar-refractivity contribution in [2.24, 2.45) is 0 Å². The summed E-state index contributed by atoms with van der Waals surface area (Å²) in [5.41, 5.74) is 1.57. The average molecular weight is 237 g/mol. The summed E-state index contributed by atoms with van der Waals surface area (Å²) in [4.78, 5) is 26.1. The van der Waals surface area contributed by atoms with Crippen LogP contribution in [0.4, 0.5) is 0 Å². The topological polar surface area (TPSA) is 68.4 Å². The number of rotatable bonds is 4. The molecule has 0 spiro atoms. The van der Waals surface area contributed by atoms with Crippen LogP contribution in [-0.4, -0.2) is 30.6 Å². The Bertz CT molecular complexity index is 445. The smallest absolute Gasteiger partial charge is 0.355 e. The van der Waals surface area contributed by atoms with Crippen molar-refractivity contribution in [1.29, 1.82) is 0 Å². The molecule has 1 aliphatic carbocycles. The van der Waals surface area contributed by atoms with Gasteiger partial charge < -0.3 is 14.5 Å². The number of carbonyl (C=O) groups excluding carboxylic acids is 2. The first-order valence-corrected chi connectivity index (χ1v) is 5.65. The van der Waals surface area contributed by atoms with Gasteiger partial charge in [-0.1, -0.05) is 0 Å². The first-order valence-electron chi connectivity index (χ1n) is 5.65. The van der Waals surface area contributed by atoms with Gasteiger partial charge in [0.1, 0.15) is 5.69 Å². The molecule has 1 aromatic rings. The second-order valence-electron chi connectivity index (χ2n) is 3.98. The first-order chi connectivity index (χ1) is 8.19. The van der Waals surface area contributed by atoms with Crippen LogP contribution in [0.1, 0.15) is 52.1 Å². The Morgan fingerprint density at radius 1 is 1.41 bits per heavy atom. The van der Waals surface area contributed by atoms with Crippen molar-refractivity contribution in [3.8, 4) is 0 Å². The van der Waals surface area contributed by atoms with Crippen LogP contribution in [0.2, 0.25) is 0 Å². The van der Waals surface area contributed by atoms with Crippen LogP contribution >= 0.6 is 0 Å². The monoisotopic (exact) mass is 237 g/mol. The molecule has 0 aromatic carbocycles. The minimum absolute atomic E-state index is 0.273. The van der Waals surface area contributed by atoms with E-state index in [-0.39, 0.29) is 5.92 Å². The van der Waals surface area contributed by atoms with Crippen LogP contribution in [0.3, 0.4) is 0 Å². The number of hydrogen-bond donors (Lipinski definition) is 1. The zero-order chi connectivity index (χ0) is 12.4. The molecule has 1 aliphatic rings. The molecule has 1 aromatic heterocycles. The Balaban J connectivity index is 2.36. The Morgan fingerprint density at radius 2 is 2.12 bits per heavy atom. The van der Waals surface area contributed by atoms with Crippen molar-refractivity contribution in [1.82, 2.24) is 4.98 Å². The highest BCUT2D eigenvalue weighted by Gasteiger charge is 2.34. The molecule has 17 heavy (non-hydrogen) atoms. The number of aromatic nitrogens is 1. The number of carbonyl (C=O) groups is 2. The average Bonchev–Trinajstić information content (AvgIpc) is 3.07. The van der Waals surface area contributed by atoms with Gasteiger partial charge in [0.05, 0.1) is 19.3 Å². The van der Waals surface area contributed by atoms with Gasteiger partial charge in [0.15, 0.2) is 0 Å². The maximum atomic E-state index is 11.7. The predicted molar refractivity (Wildman–Crippen MR) is 60.1 cm³/mol. The lowest BCUT2D eigenvalue weighted by Gasteiger charge is -2.04. The van der Waals surface area contributed by atoms with E-state index in [4.69, 9.17) is 9.47 Å². The Hall–Kier alpha value is -1.78. The fourth-order valence-corrected chi connectivity index (χ4v) is 1.88. The number of hydrogen-bond acceptors (Lipinski definition) is 4. The predicted octanol–water partition coefficient (Wildman–Crippen LogP) is 1.86. The van der Waals surface area contributed by atoms with Crippen LogP contribution in [0.5, 0.6) is 0 Å². The van der Waals surface area contributed by atoms with Crippen LogP contribution in [-0.2, 0) is 9.47 Å². The van der Waals surface area contributed by atoms with Crippen molar-refractivity contribution >= 4 is 11.9 Å². The minimum Gasteiger partial charge on any atom is -0.465 e. The third-order valence-electron chi connectivity index (χ3n) is 2.79. The molecule has 0 radical (unpaired) electrons. The largest absolute Gasteiger partial charge is 0.465 e. The Labute approximate surface area is 99.1 Å². The summed E-state index contributed by atoms with van der Waals surface area (Å²) < 4.78 is 9.65. The Morgan fingerprint density at radius 3 is 2.65 bits per heavy atom. The van der Waals surface area contributed by atoms with E-state index < -0.39 is 11.9 Å². The van der Waals surface area contributed by atoms with Crippen molar-refractivity contribution in [3.05, 3.63) is 23.0 Å². The standard InChI is InChI=1S/C12H15NO4/c1-3-17-12(15)10-9(7-4-5-7)8(6-13-10)11(14)16-2/h6-7,13H,3-5H2,1-2H3. The van der Waals surface area contributed by atoms with Crippen molar-refractivity contribution in [2.75, 3.05) is 13.7 Å². The van der Waals surface area contributed by atoms with E-state index >= 15 is 0 Å².